The Labute approximate surface area is 133 Å². The van der Waals surface area contributed by atoms with E-state index in [-0.39, 0.29) is 19.1 Å². The van der Waals surface area contributed by atoms with Crippen molar-refractivity contribution in [1.82, 2.24) is 4.90 Å². The van der Waals surface area contributed by atoms with Gasteiger partial charge in [0.2, 0.25) is 0 Å². The highest BCUT2D eigenvalue weighted by Gasteiger charge is 2.19. The number of hydrogen-bond donors (Lipinski definition) is 1. The summed E-state index contributed by atoms with van der Waals surface area (Å²) in [5.74, 6) is 0.897. The third-order valence-corrected chi connectivity index (χ3v) is 4.34. The first-order valence-corrected chi connectivity index (χ1v) is 7.83. The molecule has 21 heavy (non-hydrogen) atoms. The van der Waals surface area contributed by atoms with Crippen LogP contribution in [0.5, 0.6) is 11.5 Å². The van der Waals surface area contributed by atoms with E-state index in [1.54, 1.807) is 12.1 Å². The number of nitrogens with zero attached hydrogens (tertiary/aromatic N) is 1. The monoisotopic (exact) mass is 357 g/mol. The molecule has 0 saturated carbocycles. The fourth-order valence-electron chi connectivity index (χ4n) is 2.42. The van der Waals surface area contributed by atoms with Crippen molar-refractivity contribution in [2.24, 2.45) is 0 Å². The van der Waals surface area contributed by atoms with Crippen LogP contribution >= 0.6 is 15.9 Å². The molecule has 1 aliphatic rings. The maximum Gasteiger partial charge on any atom is 0.260 e. The summed E-state index contributed by atoms with van der Waals surface area (Å²) in [5, 5.41) is 9.47. The SMILES string of the molecule is COc1ccc(Br)c(CO)c1OCC(=O)N1CCCCC1. The molecule has 6 heteroatoms. The van der Waals surface area contributed by atoms with Crippen LogP contribution in [0.1, 0.15) is 24.8 Å². The van der Waals surface area contributed by atoms with Gasteiger partial charge < -0.3 is 19.5 Å². The highest BCUT2D eigenvalue weighted by molar-refractivity contribution is 9.10. The Morgan fingerprint density at radius 1 is 1.33 bits per heavy atom. The lowest BCUT2D eigenvalue weighted by atomic mass is 10.1. The van der Waals surface area contributed by atoms with Gasteiger partial charge in [-0.15, -0.1) is 0 Å². The Bertz CT molecular complexity index is 501. The maximum atomic E-state index is 12.1. The van der Waals surface area contributed by atoms with E-state index in [0.29, 0.717) is 17.1 Å². The van der Waals surface area contributed by atoms with E-state index in [0.717, 1.165) is 30.4 Å². The third-order valence-electron chi connectivity index (χ3n) is 3.59. The minimum atomic E-state index is -0.189. The molecule has 0 aliphatic carbocycles. The predicted octanol–water partition coefficient (Wildman–Crippen LogP) is 2.34. The van der Waals surface area contributed by atoms with E-state index in [2.05, 4.69) is 15.9 Å². The van der Waals surface area contributed by atoms with Crippen molar-refractivity contribution in [3.63, 3.8) is 0 Å². The zero-order valence-electron chi connectivity index (χ0n) is 12.1. The van der Waals surface area contributed by atoms with E-state index in [4.69, 9.17) is 9.47 Å². The number of amides is 1. The van der Waals surface area contributed by atoms with Crippen molar-refractivity contribution >= 4 is 21.8 Å². The second-order valence-electron chi connectivity index (χ2n) is 4.95. The van der Waals surface area contributed by atoms with Crippen LogP contribution in [0.2, 0.25) is 0 Å². The summed E-state index contributed by atoms with van der Waals surface area (Å²) in [6.45, 7) is 1.36. The van der Waals surface area contributed by atoms with Crippen LogP contribution in [0, 0.1) is 0 Å². The van der Waals surface area contributed by atoms with E-state index in [1.807, 2.05) is 4.90 Å². The molecule has 0 atom stereocenters. The Kier molecular flexibility index (Phi) is 5.87. The summed E-state index contributed by atoms with van der Waals surface area (Å²) in [4.78, 5) is 14.0. The lowest BCUT2D eigenvalue weighted by Crippen LogP contribution is -2.38. The Balaban J connectivity index is 2.08. The lowest BCUT2D eigenvalue weighted by molar-refractivity contribution is -0.134. The number of aliphatic hydroxyl groups is 1. The molecular formula is C15H20BrNO4. The smallest absolute Gasteiger partial charge is 0.260 e. The van der Waals surface area contributed by atoms with Gasteiger partial charge in [-0.3, -0.25) is 4.79 Å². The largest absolute Gasteiger partial charge is 0.493 e. The van der Waals surface area contributed by atoms with E-state index in [9.17, 15) is 9.90 Å². The van der Waals surface area contributed by atoms with Crippen LogP contribution in [0.3, 0.4) is 0 Å². The fourth-order valence-corrected chi connectivity index (χ4v) is 2.85. The maximum absolute atomic E-state index is 12.1. The third kappa shape index (κ3) is 3.89. The minimum Gasteiger partial charge on any atom is -0.493 e. The van der Waals surface area contributed by atoms with Crippen molar-refractivity contribution in [1.29, 1.82) is 0 Å². The number of piperidine rings is 1. The average Bonchev–Trinajstić information content (AvgIpc) is 2.53. The summed E-state index contributed by atoms with van der Waals surface area (Å²) in [6.07, 6.45) is 3.28. The molecule has 1 saturated heterocycles. The molecular weight excluding hydrogens is 338 g/mol. The number of carbonyl (C=O) groups excluding carboxylic acids is 1. The second-order valence-corrected chi connectivity index (χ2v) is 5.80. The Hall–Kier alpha value is -1.27. The molecule has 5 nitrogen and oxygen atoms in total. The lowest BCUT2D eigenvalue weighted by Gasteiger charge is -2.27. The summed E-state index contributed by atoms with van der Waals surface area (Å²) in [5.41, 5.74) is 0.584. The standard InChI is InChI=1S/C15H20BrNO4/c1-20-13-6-5-12(16)11(9-18)15(13)21-10-14(19)17-7-3-2-4-8-17/h5-6,18H,2-4,7-10H2,1H3. The van der Waals surface area contributed by atoms with Crippen molar-refractivity contribution in [3.05, 3.63) is 22.2 Å². The fraction of sp³-hybridized carbons (Fsp3) is 0.533. The Morgan fingerprint density at radius 2 is 2.05 bits per heavy atom. The van der Waals surface area contributed by atoms with Crippen molar-refractivity contribution < 1.29 is 19.4 Å². The van der Waals surface area contributed by atoms with Gasteiger partial charge in [0.05, 0.1) is 13.7 Å². The first kappa shape index (κ1) is 16.1. The average molecular weight is 358 g/mol. The number of rotatable bonds is 5. The number of benzene rings is 1. The van der Waals surface area contributed by atoms with Crippen LogP contribution in [-0.2, 0) is 11.4 Å². The van der Waals surface area contributed by atoms with Crippen LogP contribution in [0.4, 0.5) is 0 Å². The number of likely N-dealkylation sites (tertiary alicyclic amines) is 1. The molecule has 1 N–H and O–H groups in total. The normalized spacial score (nSPS) is 14.9. The molecule has 2 rings (SSSR count). The zero-order valence-corrected chi connectivity index (χ0v) is 13.7. The topological polar surface area (TPSA) is 59.0 Å². The van der Waals surface area contributed by atoms with Crippen LogP contribution in [-0.4, -0.2) is 42.7 Å². The summed E-state index contributed by atoms with van der Waals surface area (Å²) >= 11 is 3.36. The van der Waals surface area contributed by atoms with E-state index >= 15 is 0 Å². The Morgan fingerprint density at radius 3 is 2.67 bits per heavy atom. The molecule has 0 unspecified atom stereocenters. The quantitative estimate of drug-likeness (QED) is 0.878. The number of aliphatic hydroxyl groups excluding tert-OH is 1. The van der Waals surface area contributed by atoms with Crippen molar-refractivity contribution in [2.45, 2.75) is 25.9 Å². The van der Waals surface area contributed by atoms with E-state index in [1.165, 1.54) is 13.5 Å². The summed E-state index contributed by atoms with van der Waals surface area (Å²) in [7, 11) is 1.53. The minimum absolute atomic E-state index is 0.0272. The number of carbonyl (C=O) groups is 1. The molecule has 116 valence electrons. The molecule has 1 amide bonds. The van der Waals surface area contributed by atoms with Gasteiger partial charge >= 0.3 is 0 Å². The van der Waals surface area contributed by atoms with Gasteiger partial charge in [0.15, 0.2) is 18.1 Å². The van der Waals surface area contributed by atoms with Crippen LogP contribution < -0.4 is 9.47 Å². The zero-order chi connectivity index (χ0) is 15.2. The molecule has 1 aromatic rings. The molecule has 1 aliphatic heterocycles. The molecule has 0 aromatic heterocycles. The summed E-state index contributed by atoms with van der Waals surface area (Å²) < 4.78 is 11.6. The number of methoxy groups -OCH3 is 1. The molecule has 1 fully saturated rings. The number of ether oxygens (including phenoxy) is 2. The number of halogens is 1. The summed E-state index contributed by atoms with van der Waals surface area (Å²) in [6, 6.07) is 3.52. The molecule has 1 heterocycles. The van der Waals surface area contributed by atoms with Crippen LogP contribution in [0.25, 0.3) is 0 Å². The van der Waals surface area contributed by atoms with Gasteiger partial charge in [-0.1, -0.05) is 15.9 Å². The van der Waals surface area contributed by atoms with Gasteiger partial charge in [0.25, 0.3) is 5.91 Å². The first-order chi connectivity index (χ1) is 10.2. The number of hydrogen-bond acceptors (Lipinski definition) is 4. The molecule has 0 bridgehead atoms. The van der Waals surface area contributed by atoms with Gasteiger partial charge in [0, 0.05) is 23.1 Å². The van der Waals surface area contributed by atoms with Gasteiger partial charge in [-0.05, 0) is 31.4 Å². The molecule has 1 aromatic carbocycles. The molecule has 0 spiro atoms. The van der Waals surface area contributed by atoms with E-state index < -0.39 is 0 Å². The highest BCUT2D eigenvalue weighted by Crippen LogP contribution is 2.36. The van der Waals surface area contributed by atoms with Crippen LogP contribution in [0.15, 0.2) is 16.6 Å². The predicted molar refractivity (Wildman–Crippen MR) is 82.5 cm³/mol. The van der Waals surface area contributed by atoms with Crippen molar-refractivity contribution in [3.8, 4) is 11.5 Å². The highest BCUT2D eigenvalue weighted by atomic mass is 79.9. The van der Waals surface area contributed by atoms with Gasteiger partial charge in [-0.2, -0.15) is 0 Å². The second kappa shape index (κ2) is 7.66. The van der Waals surface area contributed by atoms with Gasteiger partial charge in [0.1, 0.15) is 0 Å². The first-order valence-electron chi connectivity index (χ1n) is 7.04. The molecule has 0 radical (unpaired) electrons. The van der Waals surface area contributed by atoms with Gasteiger partial charge in [-0.25, -0.2) is 0 Å². The van der Waals surface area contributed by atoms with Crippen molar-refractivity contribution in [2.75, 3.05) is 26.8 Å².